The number of amides is 1. The minimum atomic E-state index is -1.15. The molecule has 3 atom stereocenters. The van der Waals surface area contributed by atoms with E-state index in [0.717, 1.165) is 36.2 Å². The van der Waals surface area contributed by atoms with Crippen molar-refractivity contribution in [3.8, 4) is 5.75 Å². The Balaban J connectivity index is 1.34. The second-order valence-corrected chi connectivity index (χ2v) is 9.94. The minimum absolute atomic E-state index is 0.106. The van der Waals surface area contributed by atoms with Crippen LogP contribution in [0, 0.1) is 29.0 Å². The first-order chi connectivity index (χ1) is 13.8. The summed E-state index contributed by atoms with van der Waals surface area (Å²) in [6, 6.07) is 1.83. The van der Waals surface area contributed by atoms with Crippen molar-refractivity contribution < 1.29 is 23.8 Å². The van der Waals surface area contributed by atoms with Gasteiger partial charge in [-0.3, -0.25) is 9.59 Å². The van der Waals surface area contributed by atoms with Crippen LogP contribution in [0.4, 0.5) is 4.39 Å². The van der Waals surface area contributed by atoms with Gasteiger partial charge in [0.15, 0.2) is 0 Å². The van der Waals surface area contributed by atoms with Gasteiger partial charge in [0.1, 0.15) is 17.6 Å². The third-order valence-corrected chi connectivity index (χ3v) is 7.66. The summed E-state index contributed by atoms with van der Waals surface area (Å²) >= 11 is 0. The number of halogens is 1. The van der Waals surface area contributed by atoms with Gasteiger partial charge in [-0.15, -0.1) is 0 Å². The molecule has 1 aromatic rings. The van der Waals surface area contributed by atoms with Crippen LogP contribution in [0.3, 0.4) is 0 Å². The van der Waals surface area contributed by atoms with E-state index in [1.165, 1.54) is 45.1 Å². The molecule has 0 heterocycles. The molecule has 5 nitrogen and oxygen atoms in total. The third-order valence-electron chi connectivity index (χ3n) is 7.66. The number of ether oxygens (including phenoxy) is 1. The molecule has 0 saturated heterocycles. The zero-order valence-corrected chi connectivity index (χ0v) is 16.7. The molecule has 5 fully saturated rings. The molecule has 6 rings (SSSR count). The summed E-state index contributed by atoms with van der Waals surface area (Å²) in [5.74, 6) is 0.910. The zero-order chi connectivity index (χ0) is 20.3. The van der Waals surface area contributed by atoms with Crippen LogP contribution in [0.5, 0.6) is 5.75 Å². The lowest BCUT2D eigenvalue weighted by molar-refractivity contribution is -0.138. The fourth-order valence-corrected chi connectivity index (χ4v) is 6.31. The smallest absolute Gasteiger partial charge is 0.325 e. The maximum atomic E-state index is 14.7. The normalized spacial score (nSPS) is 33.0. The standard InChI is InChI=1S/C23H28FNO4/c1-12(22(27)28)25-21(26)18-6-17(14-2-3-14)20(7-19(18)24)29-11-23-8-13-4-15(9-23)16(5-13)10-23/h6-7,12-16H,2-5,8-11H2,1H3,(H,25,26)(H,27,28)/t12-,13?,15?,16?,23?/m0/s1. The fraction of sp³-hybridized carbons (Fsp3) is 0.652. The molecule has 29 heavy (non-hydrogen) atoms. The van der Waals surface area contributed by atoms with E-state index in [4.69, 9.17) is 9.84 Å². The van der Waals surface area contributed by atoms with E-state index in [1.54, 1.807) is 6.07 Å². The molecule has 0 radical (unpaired) electrons. The average molecular weight is 401 g/mol. The number of benzene rings is 1. The van der Waals surface area contributed by atoms with E-state index in [-0.39, 0.29) is 11.0 Å². The molecule has 0 aromatic heterocycles. The quantitative estimate of drug-likeness (QED) is 0.721. The van der Waals surface area contributed by atoms with E-state index >= 15 is 0 Å². The molecule has 0 aliphatic heterocycles. The van der Waals surface area contributed by atoms with Crippen LogP contribution in [-0.4, -0.2) is 29.6 Å². The highest BCUT2D eigenvalue weighted by molar-refractivity contribution is 5.97. The van der Waals surface area contributed by atoms with Gasteiger partial charge in [-0.1, -0.05) is 0 Å². The molecule has 2 N–H and O–H groups in total. The molecular weight excluding hydrogens is 373 g/mol. The Labute approximate surface area is 170 Å². The molecule has 2 unspecified atom stereocenters. The summed E-state index contributed by atoms with van der Waals surface area (Å²) in [5.41, 5.74) is 1.03. The Morgan fingerprint density at radius 2 is 1.93 bits per heavy atom. The number of aliphatic carboxylic acids is 1. The van der Waals surface area contributed by atoms with Crippen LogP contribution in [0.1, 0.15) is 73.7 Å². The summed E-state index contributed by atoms with van der Waals surface area (Å²) in [5, 5.41) is 11.3. The maximum absolute atomic E-state index is 14.7. The zero-order valence-electron chi connectivity index (χ0n) is 16.7. The monoisotopic (exact) mass is 401 g/mol. The number of carbonyl (C=O) groups excluding carboxylic acids is 1. The van der Waals surface area contributed by atoms with Crippen LogP contribution >= 0.6 is 0 Å². The summed E-state index contributed by atoms with van der Waals surface area (Å²) in [6.07, 6.45) is 8.48. The van der Waals surface area contributed by atoms with Gasteiger partial charge >= 0.3 is 5.97 Å². The van der Waals surface area contributed by atoms with E-state index in [1.807, 2.05) is 0 Å². The predicted molar refractivity (Wildman–Crippen MR) is 104 cm³/mol. The first kappa shape index (κ1) is 18.9. The lowest BCUT2D eigenvalue weighted by Gasteiger charge is -2.38. The van der Waals surface area contributed by atoms with E-state index < -0.39 is 23.7 Å². The molecule has 5 aliphatic carbocycles. The molecule has 156 valence electrons. The summed E-state index contributed by atoms with van der Waals surface area (Å²) in [6.45, 7) is 2.00. The Bertz CT molecular complexity index is 845. The number of carboxylic acid groups (broad SMARTS) is 1. The van der Waals surface area contributed by atoms with Crippen molar-refractivity contribution in [1.29, 1.82) is 0 Å². The number of hydrogen-bond acceptors (Lipinski definition) is 3. The van der Waals surface area contributed by atoms with Gasteiger partial charge in [0, 0.05) is 11.5 Å². The van der Waals surface area contributed by atoms with Gasteiger partial charge in [-0.05, 0) is 87.2 Å². The lowest BCUT2D eigenvalue weighted by Crippen LogP contribution is -2.38. The van der Waals surface area contributed by atoms with E-state index in [9.17, 15) is 14.0 Å². The largest absolute Gasteiger partial charge is 0.493 e. The Hall–Kier alpha value is -2.11. The SMILES string of the molecule is C[C@H](NC(=O)c1cc(C2CC2)c(OCC23CC4CC(C2)C(C4)C3)cc1F)C(=O)O. The fourth-order valence-electron chi connectivity index (χ4n) is 6.31. The summed E-state index contributed by atoms with van der Waals surface area (Å²) in [7, 11) is 0. The lowest BCUT2D eigenvalue weighted by atomic mass is 9.70. The van der Waals surface area contributed by atoms with Crippen LogP contribution in [0.2, 0.25) is 0 Å². The molecule has 5 aliphatic rings. The maximum Gasteiger partial charge on any atom is 0.325 e. The molecule has 5 saturated carbocycles. The van der Waals surface area contributed by atoms with Crippen molar-refractivity contribution >= 4 is 11.9 Å². The van der Waals surface area contributed by atoms with Gasteiger partial charge in [-0.2, -0.15) is 0 Å². The van der Waals surface area contributed by atoms with E-state index in [2.05, 4.69) is 5.32 Å². The van der Waals surface area contributed by atoms with Gasteiger partial charge < -0.3 is 15.2 Å². The Morgan fingerprint density at radius 3 is 2.52 bits per heavy atom. The Morgan fingerprint density at radius 1 is 1.24 bits per heavy atom. The second-order valence-electron chi connectivity index (χ2n) is 9.94. The molecular formula is C23H28FNO4. The van der Waals surface area contributed by atoms with Crippen molar-refractivity contribution in [2.24, 2.45) is 23.2 Å². The highest BCUT2D eigenvalue weighted by atomic mass is 19.1. The van der Waals surface area contributed by atoms with Gasteiger partial charge in [0.25, 0.3) is 5.91 Å². The van der Waals surface area contributed by atoms with Crippen molar-refractivity contribution in [2.45, 2.75) is 63.8 Å². The second kappa shape index (κ2) is 6.71. The topological polar surface area (TPSA) is 75.6 Å². The van der Waals surface area contributed by atoms with Crippen molar-refractivity contribution in [3.63, 3.8) is 0 Å². The van der Waals surface area contributed by atoms with Crippen molar-refractivity contribution in [1.82, 2.24) is 5.32 Å². The van der Waals surface area contributed by atoms with Gasteiger partial charge in [-0.25, -0.2) is 4.39 Å². The molecule has 1 amide bonds. The first-order valence-corrected chi connectivity index (χ1v) is 10.8. The molecule has 0 spiro atoms. The number of rotatable bonds is 7. The third kappa shape index (κ3) is 3.40. The van der Waals surface area contributed by atoms with Crippen LogP contribution in [-0.2, 0) is 4.79 Å². The van der Waals surface area contributed by atoms with Crippen LogP contribution in [0.15, 0.2) is 12.1 Å². The molecule has 1 aromatic carbocycles. The number of hydrogen-bond donors (Lipinski definition) is 2. The van der Waals surface area contributed by atoms with Crippen molar-refractivity contribution in [2.75, 3.05) is 6.61 Å². The van der Waals surface area contributed by atoms with Gasteiger partial charge in [0.2, 0.25) is 0 Å². The van der Waals surface area contributed by atoms with Crippen LogP contribution in [0.25, 0.3) is 0 Å². The average Bonchev–Trinajstić information content (AvgIpc) is 3.42. The minimum Gasteiger partial charge on any atom is -0.493 e. The van der Waals surface area contributed by atoms with Crippen molar-refractivity contribution in [3.05, 3.63) is 29.1 Å². The van der Waals surface area contributed by atoms with E-state index in [0.29, 0.717) is 18.3 Å². The number of carboxylic acids is 1. The number of nitrogens with one attached hydrogen (secondary N) is 1. The first-order valence-electron chi connectivity index (χ1n) is 10.8. The highest BCUT2D eigenvalue weighted by Gasteiger charge is 2.56. The molecule has 4 bridgehead atoms. The van der Waals surface area contributed by atoms with Crippen LogP contribution < -0.4 is 10.1 Å². The molecule has 6 heteroatoms. The van der Waals surface area contributed by atoms with Gasteiger partial charge in [0.05, 0.1) is 12.2 Å². The summed E-state index contributed by atoms with van der Waals surface area (Å²) in [4.78, 5) is 23.4. The summed E-state index contributed by atoms with van der Waals surface area (Å²) < 4.78 is 21.0. The number of carbonyl (C=O) groups is 2. The predicted octanol–water partition coefficient (Wildman–Crippen LogP) is 4.11. The highest BCUT2D eigenvalue weighted by Crippen LogP contribution is 2.64. The Kier molecular flexibility index (Phi) is 4.37.